The van der Waals surface area contributed by atoms with Gasteiger partial charge in [0.1, 0.15) is 17.5 Å². The summed E-state index contributed by atoms with van der Waals surface area (Å²) in [6.07, 6.45) is 3.01. The number of rotatable bonds is 15. The van der Waals surface area contributed by atoms with E-state index in [0.717, 1.165) is 5.56 Å². The largest absolute Gasteiger partial charge is 0.497 e. The van der Waals surface area contributed by atoms with Crippen molar-refractivity contribution in [2.75, 3.05) is 39.7 Å². The Hall–Kier alpha value is -3.42. The van der Waals surface area contributed by atoms with Crippen molar-refractivity contribution >= 4 is 51.0 Å². The molecule has 1 unspecified atom stereocenters. The zero-order valence-corrected chi connectivity index (χ0v) is 27.4. The number of methoxy groups -OCH3 is 3. The van der Waals surface area contributed by atoms with Gasteiger partial charge in [-0.1, -0.05) is 55.2 Å². The molecule has 3 rings (SSSR count). The van der Waals surface area contributed by atoms with E-state index in [1.165, 1.54) is 30.9 Å². The number of pyridine rings is 1. The summed E-state index contributed by atoms with van der Waals surface area (Å²) in [5, 5.41) is 2.92. The number of benzene rings is 2. The minimum absolute atomic E-state index is 0.00393. The predicted octanol–water partition coefficient (Wildman–Crippen LogP) is 4.78. The van der Waals surface area contributed by atoms with Crippen LogP contribution in [0.3, 0.4) is 0 Å². The summed E-state index contributed by atoms with van der Waals surface area (Å²) in [6, 6.07) is 10.7. The molecule has 0 radical (unpaired) electrons. The van der Waals surface area contributed by atoms with E-state index in [4.69, 9.17) is 37.4 Å². The minimum atomic E-state index is -4.13. The molecule has 1 atom stereocenters. The number of nitrogens with one attached hydrogen (secondary N) is 2. The van der Waals surface area contributed by atoms with Crippen molar-refractivity contribution < 1.29 is 32.2 Å². The SMILES string of the molecule is COC(=O)C(Cc1ccc(NC(=O)c2c(Cl)cncc2Cl)cc1)NS(=O)(=O)N(CCc1ccc(OC)cc1OC)CC(C)C. The molecule has 11 nitrogen and oxygen atoms in total. The van der Waals surface area contributed by atoms with Gasteiger partial charge in [0.2, 0.25) is 0 Å². The van der Waals surface area contributed by atoms with E-state index in [2.05, 4.69) is 15.0 Å². The van der Waals surface area contributed by atoms with Crippen LogP contribution >= 0.6 is 23.2 Å². The average molecular weight is 668 g/mol. The number of amides is 1. The van der Waals surface area contributed by atoms with Crippen LogP contribution in [0.4, 0.5) is 5.69 Å². The first-order valence-electron chi connectivity index (χ1n) is 13.6. The van der Waals surface area contributed by atoms with Crippen molar-refractivity contribution in [2.24, 2.45) is 5.92 Å². The summed E-state index contributed by atoms with van der Waals surface area (Å²) in [5.41, 5.74) is 1.96. The van der Waals surface area contributed by atoms with E-state index < -0.39 is 28.1 Å². The zero-order valence-electron chi connectivity index (χ0n) is 25.1. The molecule has 1 heterocycles. The Morgan fingerprint density at radius 1 is 0.977 bits per heavy atom. The number of esters is 1. The summed E-state index contributed by atoms with van der Waals surface area (Å²) in [4.78, 5) is 29.2. The second-order valence-electron chi connectivity index (χ2n) is 10.2. The van der Waals surface area contributed by atoms with Gasteiger partial charge in [0, 0.05) is 37.2 Å². The molecule has 0 aliphatic heterocycles. The maximum atomic E-state index is 13.6. The Morgan fingerprint density at radius 3 is 2.20 bits per heavy atom. The van der Waals surface area contributed by atoms with Crippen molar-refractivity contribution in [1.29, 1.82) is 0 Å². The molecule has 3 aromatic rings. The predicted molar refractivity (Wildman–Crippen MR) is 170 cm³/mol. The van der Waals surface area contributed by atoms with Crippen molar-refractivity contribution in [3.8, 4) is 11.5 Å². The van der Waals surface area contributed by atoms with Crippen LogP contribution in [-0.2, 0) is 32.6 Å². The van der Waals surface area contributed by atoms with Crippen molar-refractivity contribution in [3.05, 3.63) is 81.6 Å². The fourth-order valence-corrected chi connectivity index (χ4v) is 6.42. The maximum Gasteiger partial charge on any atom is 0.324 e. The van der Waals surface area contributed by atoms with E-state index in [-0.39, 0.29) is 41.0 Å². The lowest BCUT2D eigenvalue weighted by Gasteiger charge is -2.27. The number of aromatic nitrogens is 1. The zero-order chi connectivity index (χ0) is 32.4. The number of anilines is 1. The summed E-state index contributed by atoms with van der Waals surface area (Å²) in [6.45, 7) is 4.18. The number of ether oxygens (including phenoxy) is 3. The molecule has 1 amide bonds. The first-order chi connectivity index (χ1) is 20.9. The highest BCUT2D eigenvalue weighted by Gasteiger charge is 2.30. The first-order valence-corrected chi connectivity index (χ1v) is 15.8. The van der Waals surface area contributed by atoms with E-state index >= 15 is 0 Å². The van der Waals surface area contributed by atoms with Crippen LogP contribution in [0.5, 0.6) is 11.5 Å². The molecule has 0 aliphatic rings. The number of hydrogen-bond acceptors (Lipinski definition) is 8. The van der Waals surface area contributed by atoms with Crippen molar-refractivity contribution in [1.82, 2.24) is 14.0 Å². The Morgan fingerprint density at radius 2 is 1.64 bits per heavy atom. The first kappa shape index (κ1) is 35.1. The third kappa shape index (κ3) is 9.54. The van der Waals surface area contributed by atoms with E-state index in [1.54, 1.807) is 43.5 Å². The molecule has 238 valence electrons. The second kappa shape index (κ2) is 16.1. The molecule has 44 heavy (non-hydrogen) atoms. The smallest absolute Gasteiger partial charge is 0.324 e. The molecule has 0 fully saturated rings. The van der Waals surface area contributed by atoms with Gasteiger partial charge in [-0.15, -0.1) is 0 Å². The molecule has 0 saturated carbocycles. The highest BCUT2D eigenvalue weighted by atomic mass is 35.5. The number of hydrogen-bond donors (Lipinski definition) is 2. The van der Waals surface area contributed by atoms with Crippen molar-refractivity contribution in [3.63, 3.8) is 0 Å². The van der Waals surface area contributed by atoms with Gasteiger partial charge < -0.3 is 19.5 Å². The fraction of sp³-hybridized carbons (Fsp3) is 0.367. The van der Waals surface area contributed by atoms with Gasteiger partial charge >= 0.3 is 5.97 Å². The molecule has 14 heteroatoms. The van der Waals surface area contributed by atoms with Gasteiger partial charge in [-0.3, -0.25) is 14.6 Å². The Labute approximate surface area is 268 Å². The summed E-state index contributed by atoms with van der Waals surface area (Å²) < 4.78 is 46.7. The lowest BCUT2D eigenvalue weighted by Crippen LogP contribution is -2.50. The molecule has 2 N–H and O–H groups in total. The van der Waals surface area contributed by atoms with Crippen LogP contribution in [0.25, 0.3) is 0 Å². The summed E-state index contributed by atoms with van der Waals surface area (Å²) in [5.74, 6) is -0.0428. The highest BCUT2D eigenvalue weighted by Crippen LogP contribution is 2.26. The third-order valence-corrected chi connectivity index (χ3v) is 8.71. The van der Waals surface area contributed by atoms with Crippen LogP contribution in [0.15, 0.2) is 54.9 Å². The van der Waals surface area contributed by atoms with Gasteiger partial charge in [-0.25, -0.2) is 0 Å². The monoisotopic (exact) mass is 666 g/mol. The summed E-state index contributed by atoms with van der Waals surface area (Å²) >= 11 is 12.1. The Kier molecular flexibility index (Phi) is 12.8. The number of carbonyl (C=O) groups excluding carboxylic acids is 2. The molecule has 1 aromatic heterocycles. The van der Waals surface area contributed by atoms with Crippen LogP contribution in [-0.4, -0.2) is 70.0 Å². The summed E-state index contributed by atoms with van der Waals surface area (Å²) in [7, 11) is 0.158. The average Bonchev–Trinajstić information content (AvgIpc) is 2.98. The van der Waals surface area contributed by atoms with Gasteiger partial charge in [0.05, 0.1) is 36.9 Å². The molecule has 0 aliphatic carbocycles. The van der Waals surface area contributed by atoms with Gasteiger partial charge in [0.15, 0.2) is 0 Å². The van der Waals surface area contributed by atoms with Crippen molar-refractivity contribution in [2.45, 2.75) is 32.7 Å². The number of halogens is 2. The lowest BCUT2D eigenvalue weighted by atomic mass is 10.1. The second-order valence-corrected chi connectivity index (χ2v) is 12.7. The number of nitrogens with zero attached hydrogens (tertiary/aromatic N) is 2. The maximum absolute atomic E-state index is 13.6. The molecular weight excluding hydrogens is 631 g/mol. The molecule has 0 spiro atoms. The van der Waals surface area contributed by atoms with Crippen LogP contribution in [0, 0.1) is 5.92 Å². The van der Waals surface area contributed by atoms with Gasteiger partial charge in [0.25, 0.3) is 16.1 Å². The van der Waals surface area contributed by atoms with Crippen LogP contribution in [0.1, 0.15) is 35.3 Å². The Balaban J connectivity index is 1.75. The quantitative estimate of drug-likeness (QED) is 0.221. The van der Waals surface area contributed by atoms with Crippen LogP contribution < -0.4 is 19.5 Å². The molecule has 0 saturated heterocycles. The topological polar surface area (TPSA) is 136 Å². The van der Waals surface area contributed by atoms with Gasteiger partial charge in [-0.05, 0) is 48.1 Å². The van der Waals surface area contributed by atoms with E-state index in [9.17, 15) is 18.0 Å². The van der Waals surface area contributed by atoms with E-state index in [1.807, 2.05) is 19.9 Å². The minimum Gasteiger partial charge on any atom is -0.497 e. The van der Waals surface area contributed by atoms with E-state index in [0.29, 0.717) is 29.2 Å². The fourth-order valence-electron chi connectivity index (χ4n) is 4.37. The molecular formula is C30H36Cl2N4O7S. The standard InChI is InChI=1S/C30H36Cl2N4O7S/c1-19(2)18-36(13-12-21-8-11-23(41-3)15-27(21)42-4)44(39,40)35-26(30(38)43-5)14-20-6-9-22(10-7-20)34-29(37)28-24(31)16-33-17-25(28)32/h6-11,15-17,19,26,35H,12-14,18H2,1-5H3,(H,34,37). The third-order valence-electron chi connectivity index (χ3n) is 6.54. The molecule has 0 bridgehead atoms. The normalized spacial score (nSPS) is 12.2. The highest BCUT2D eigenvalue weighted by molar-refractivity contribution is 7.87. The lowest BCUT2D eigenvalue weighted by molar-refractivity contribution is -0.142. The number of carbonyl (C=O) groups is 2. The Bertz CT molecular complexity index is 1530. The van der Waals surface area contributed by atoms with Crippen LogP contribution in [0.2, 0.25) is 10.0 Å². The molecule has 2 aromatic carbocycles. The van der Waals surface area contributed by atoms with Gasteiger partial charge in [-0.2, -0.15) is 17.4 Å².